The first-order chi connectivity index (χ1) is 14.7. The zero-order chi connectivity index (χ0) is 22.7. The number of rotatable bonds is 4. The standard InChI is InChI=1S/C22H20FN3O5/c1-26(2)21(29)20(28)25-17-10-16(22(30)31-3)19(27)18-15(17)9-13(11-24-18)8-12-4-6-14(23)7-5-12/h4-7,9-11,27H,8H2,1-3H3,(H,25,28). The fourth-order valence-corrected chi connectivity index (χ4v) is 3.00. The number of likely N-dealkylation sites (N-methyl/N-ethyl adjacent to an activating group) is 1. The maximum absolute atomic E-state index is 13.2. The van der Waals surface area contributed by atoms with Crippen LogP contribution in [0.5, 0.6) is 5.75 Å². The second kappa shape index (κ2) is 8.78. The first-order valence-corrected chi connectivity index (χ1v) is 9.21. The average molecular weight is 425 g/mol. The third kappa shape index (κ3) is 4.61. The number of phenols is 1. The second-order valence-electron chi connectivity index (χ2n) is 7.01. The Bertz CT molecular complexity index is 1180. The molecule has 0 spiro atoms. The number of methoxy groups -OCH3 is 1. The fourth-order valence-electron chi connectivity index (χ4n) is 3.00. The highest BCUT2D eigenvalue weighted by atomic mass is 19.1. The van der Waals surface area contributed by atoms with E-state index in [0.717, 1.165) is 17.6 Å². The monoisotopic (exact) mass is 425 g/mol. The van der Waals surface area contributed by atoms with Gasteiger partial charge in [0.2, 0.25) is 0 Å². The van der Waals surface area contributed by atoms with E-state index in [0.29, 0.717) is 17.4 Å². The number of phenolic OH excluding ortho intramolecular Hbond substituents is 1. The topological polar surface area (TPSA) is 109 Å². The number of ether oxygens (including phenoxy) is 1. The predicted molar refractivity (Wildman–Crippen MR) is 111 cm³/mol. The molecule has 1 aromatic heterocycles. The number of hydrogen-bond donors (Lipinski definition) is 2. The summed E-state index contributed by atoms with van der Waals surface area (Å²) >= 11 is 0. The molecule has 2 aromatic carbocycles. The summed E-state index contributed by atoms with van der Waals surface area (Å²) in [6, 6.07) is 8.86. The second-order valence-corrected chi connectivity index (χ2v) is 7.01. The number of aromatic nitrogens is 1. The van der Waals surface area contributed by atoms with Crippen molar-refractivity contribution >= 4 is 34.4 Å². The van der Waals surface area contributed by atoms with Crippen molar-refractivity contribution < 1.29 is 28.6 Å². The van der Waals surface area contributed by atoms with Crippen molar-refractivity contribution in [3.05, 3.63) is 65.1 Å². The van der Waals surface area contributed by atoms with Crippen molar-refractivity contribution in [3.8, 4) is 5.75 Å². The number of nitrogens with zero attached hydrogens (tertiary/aromatic N) is 2. The molecule has 0 aliphatic carbocycles. The van der Waals surface area contributed by atoms with Gasteiger partial charge in [0.25, 0.3) is 0 Å². The quantitative estimate of drug-likeness (QED) is 0.378. The van der Waals surface area contributed by atoms with Gasteiger partial charge < -0.3 is 20.1 Å². The Morgan fingerprint density at radius 2 is 1.81 bits per heavy atom. The van der Waals surface area contributed by atoms with Crippen molar-refractivity contribution in [3.63, 3.8) is 0 Å². The van der Waals surface area contributed by atoms with Gasteiger partial charge in [-0.3, -0.25) is 14.6 Å². The van der Waals surface area contributed by atoms with E-state index in [1.807, 2.05) is 0 Å². The first-order valence-electron chi connectivity index (χ1n) is 9.21. The van der Waals surface area contributed by atoms with Crippen molar-refractivity contribution in [1.29, 1.82) is 0 Å². The Morgan fingerprint density at radius 1 is 1.13 bits per heavy atom. The molecule has 3 aromatic rings. The normalized spacial score (nSPS) is 10.6. The Hall–Kier alpha value is -4.01. The number of hydrogen-bond acceptors (Lipinski definition) is 6. The Morgan fingerprint density at radius 3 is 2.42 bits per heavy atom. The van der Waals surface area contributed by atoms with Crippen LogP contribution >= 0.6 is 0 Å². The molecule has 2 N–H and O–H groups in total. The zero-order valence-corrected chi connectivity index (χ0v) is 17.1. The Labute approximate surface area is 177 Å². The van der Waals surface area contributed by atoms with Crippen LogP contribution in [-0.2, 0) is 20.7 Å². The van der Waals surface area contributed by atoms with E-state index >= 15 is 0 Å². The molecule has 0 saturated carbocycles. The molecule has 0 unspecified atom stereocenters. The van der Waals surface area contributed by atoms with Crippen LogP contribution in [0, 0.1) is 5.82 Å². The number of esters is 1. The van der Waals surface area contributed by atoms with Crippen molar-refractivity contribution in [2.75, 3.05) is 26.5 Å². The Balaban J connectivity index is 2.11. The number of nitrogens with one attached hydrogen (secondary N) is 1. The van der Waals surface area contributed by atoms with Crippen LogP contribution in [0.1, 0.15) is 21.5 Å². The minimum absolute atomic E-state index is 0.0540. The smallest absolute Gasteiger partial charge is 0.341 e. The van der Waals surface area contributed by atoms with Crippen LogP contribution in [-0.4, -0.2) is 54.0 Å². The number of aromatic hydroxyl groups is 1. The third-order valence-electron chi connectivity index (χ3n) is 4.58. The van der Waals surface area contributed by atoms with Gasteiger partial charge in [-0.05, 0) is 41.8 Å². The molecule has 3 rings (SSSR count). The molecule has 8 nitrogen and oxygen atoms in total. The van der Waals surface area contributed by atoms with E-state index < -0.39 is 23.5 Å². The molecule has 0 radical (unpaired) electrons. The van der Waals surface area contributed by atoms with Gasteiger partial charge in [-0.2, -0.15) is 0 Å². The third-order valence-corrected chi connectivity index (χ3v) is 4.58. The first kappa shape index (κ1) is 21.7. The largest absolute Gasteiger partial charge is 0.505 e. The van der Waals surface area contributed by atoms with E-state index in [9.17, 15) is 23.9 Å². The van der Waals surface area contributed by atoms with Gasteiger partial charge in [-0.25, -0.2) is 9.18 Å². The summed E-state index contributed by atoms with van der Waals surface area (Å²) in [5.41, 5.74) is 1.49. The van der Waals surface area contributed by atoms with Crippen molar-refractivity contribution in [2.24, 2.45) is 0 Å². The van der Waals surface area contributed by atoms with E-state index in [4.69, 9.17) is 0 Å². The van der Waals surface area contributed by atoms with Crippen LogP contribution in [0.3, 0.4) is 0 Å². The van der Waals surface area contributed by atoms with Gasteiger partial charge in [0.05, 0.1) is 12.8 Å². The summed E-state index contributed by atoms with van der Waals surface area (Å²) in [5.74, 6) is -3.30. The molecule has 160 valence electrons. The van der Waals surface area contributed by atoms with E-state index in [1.54, 1.807) is 18.2 Å². The molecular formula is C22H20FN3O5. The van der Waals surface area contributed by atoms with E-state index in [-0.39, 0.29) is 22.6 Å². The number of anilines is 1. The van der Waals surface area contributed by atoms with Crippen molar-refractivity contribution in [2.45, 2.75) is 6.42 Å². The highest BCUT2D eigenvalue weighted by Crippen LogP contribution is 2.34. The lowest BCUT2D eigenvalue weighted by Crippen LogP contribution is -2.34. The lowest BCUT2D eigenvalue weighted by Gasteiger charge is -2.15. The number of pyridine rings is 1. The van der Waals surface area contributed by atoms with Crippen LogP contribution in [0.2, 0.25) is 0 Å². The summed E-state index contributed by atoms with van der Waals surface area (Å²) in [6.45, 7) is 0. The molecule has 0 aliphatic rings. The van der Waals surface area contributed by atoms with Gasteiger partial charge in [0, 0.05) is 25.7 Å². The molecule has 0 fully saturated rings. The van der Waals surface area contributed by atoms with Crippen LogP contribution in [0.15, 0.2) is 42.6 Å². The highest BCUT2D eigenvalue weighted by molar-refractivity contribution is 6.40. The lowest BCUT2D eigenvalue weighted by molar-refractivity contribution is -0.141. The predicted octanol–water partition coefficient (Wildman–Crippen LogP) is 2.48. The number of amides is 2. The number of carbonyl (C=O) groups excluding carboxylic acids is 3. The molecule has 0 bridgehead atoms. The van der Waals surface area contributed by atoms with Crippen LogP contribution in [0.4, 0.5) is 10.1 Å². The van der Waals surface area contributed by atoms with E-state index in [1.165, 1.54) is 38.5 Å². The van der Waals surface area contributed by atoms with Gasteiger partial charge in [-0.1, -0.05) is 12.1 Å². The molecule has 1 heterocycles. The van der Waals surface area contributed by atoms with Crippen LogP contribution in [0.25, 0.3) is 10.9 Å². The van der Waals surface area contributed by atoms with Gasteiger partial charge in [-0.15, -0.1) is 0 Å². The van der Waals surface area contributed by atoms with Crippen molar-refractivity contribution in [1.82, 2.24) is 9.88 Å². The average Bonchev–Trinajstić information content (AvgIpc) is 2.76. The maximum atomic E-state index is 13.2. The number of halogens is 1. The summed E-state index contributed by atoms with van der Waals surface area (Å²) < 4.78 is 17.8. The summed E-state index contributed by atoms with van der Waals surface area (Å²) in [4.78, 5) is 41.7. The lowest BCUT2D eigenvalue weighted by atomic mass is 10.0. The number of carbonyl (C=O) groups is 3. The number of benzene rings is 2. The van der Waals surface area contributed by atoms with Gasteiger partial charge in [0.15, 0.2) is 5.75 Å². The fraction of sp³-hybridized carbons (Fsp3) is 0.182. The highest BCUT2D eigenvalue weighted by Gasteiger charge is 2.22. The van der Waals surface area contributed by atoms with Crippen LogP contribution < -0.4 is 5.32 Å². The molecule has 31 heavy (non-hydrogen) atoms. The summed E-state index contributed by atoms with van der Waals surface area (Å²) in [5, 5.41) is 13.3. The number of fused-ring (bicyclic) bond motifs is 1. The van der Waals surface area contributed by atoms with Gasteiger partial charge in [0.1, 0.15) is 16.9 Å². The molecular weight excluding hydrogens is 405 g/mol. The molecule has 0 aliphatic heterocycles. The minimum atomic E-state index is -0.920. The van der Waals surface area contributed by atoms with E-state index in [2.05, 4.69) is 15.0 Å². The zero-order valence-electron chi connectivity index (χ0n) is 17.1. The van der Waals surface area contributed by atoms with Gasteiger partial charge >= 0.3 is 17.8 Å². The maximum Gasteiger partial charge on any atom is 0.341 e. The summed E-state index contributed by atoms with van der Waals surface area (Å²) in [7, 11) is 4.01. The summed E-state index contributed by atoms with van der Waals surface area (Å²) in [6.07, 6.45) is 1.91. The Kier molecular flexibility index (Phi) is 6.15. The SMILES string of the molecule is COC(=O)c1cc(NC(=O)C(=O)N(C)C)c2cc(Cc3ccc(F)cc3)cnc2c1O. The molecule has 9 heteroatoms. The minimum Gasteiger partial charge on any atom is -0.505 e. The molecule has 0 atom stereocenters. The molecule has 2 amide bonds. The molecule has 0 saturated heterocycles.